The normalized spacial score (nSPS) is 12.5. The van der Waals surface area contributed by atoms with Gasteiger partial charge in [-0.2, -0.15) is 0 Å². The van der Waals surface area contributed by atoms with Gasteiger partial charge in [-0.15, -0.1) is 0 Å². The van der Waals surface area contributed by atoms with Crippen molar-refractivity contribution in [2.75, 3.05) is 13.7 Å². The molecule has 0 aliphatic carbocycles. The first-order chi connectivity index (χ1) is 7.22. The van der Waals surface area contributed by atoms with E-state index in [0.717, 1.165) is 13.0 Å². The van der Waals surface area contributed by atoms with Crippen LogP contribution < -0.4 is 5.32 Å². The molecule has 0 heterocycles. The van der Waals surface area contributed by atoms with Crippen molar-refractivity contribution in [2.24, 2.45) is 0 Å². The Morgan fingerprint density at radius 3 is 2.40 bits per heavy atom. The van der Waals surface area contributed by atoms with E-state index >= 15 is 0 Å². The molecule has 3 heteroatoms. The van der Waals surface area contributed by atoms with Gasteiger partial charge in [0.1, 0.15) is 6.10 Å². The number of rotatable bonds is 9. The maximum atomic E-state index is 11.3. The summed E-state index contributed by atoms with van der Waals surface area (Å²) >= 11 is 0. The zero-order chi connectivity index (χ0) is 11.5. The Kier molecular flexibility index (Phi) is 9.59. The summed E-state index contributed by atoms with van der Waals surface area (Å²) in [6.45, 7) is 4.75. The number of hydrogen-bond acceptors (Lipinski definition) is 2. The van der Waals surface area contributed by atoms with Gasteiger partial charge >= 0.3 is 0 Å². The number of hydrogen-bond donors (Lipinski definition) is 1. The first-order valence-corrected chi connectivity index (χ1v) is 6.02. The maximum absolute atomic E-state index is 11.3. The SMILES string of the molecule is CCCCCCCCNC(=O)C(C)OC. The first-order valence-electron chi connectivity index (χ1n) is 6.02. The van der Waals surface area contributed by atoms with Crippen molar-refractivity contribution in [2.45, 2.75) is 58.5 Å². The van der Waals surface area contributed by atoms with Gasteiger partial charge in [-0.1, -0.05) is 39.0 Å². The summed E-state index contributed by atoms with van der Waals surface area (Å²) in [5.41, 5.74) is 0. The molecule has 15 heavy (non-hydrogen) atoms. The van der Waals surface area contributed by atoms with Crippen LogP contribution in [0.1, 0.15) is 52.4 Å². The molecule has 0 rings (SSSR count). The topological polar surface area (TPSA) is 38.3 Å². The van der Waals surface area contributed by atoms with Gasteiger partial charge in [0.05, 0.1) is 0 Å². The van der Waals surface area contributed by atoms with Crippen LogP contribution in [0.5, 0.6) is 0 Å². The van der Waals surface area contributed by atoms with Crippen LogP contribution in [0.2, 0.25) is 0 Å². The molecule has 1 atom stereocenters. The first kappa shape index (κ1) is 14.4. The third-order valence-corrected chi connectivity index (χ3v) is 2.55. The molecule has 0 aliphatic heterocycles. The minimum absolute atomic E-state index is 0.00828. The molecule has 0 saturated heterocycles. The van der Waals surface area contributed by atoms with Crippen molar-refractivity contribution < 1.29 is 9.53 Å². The molecule has 0 aromatic carbocycles. The molecule has 1 unspecified atom stereocenters. The Balaban J connectivity index is 3.20. The average Bonchev–Trinajstić information content (AvgIpc) is 2.26. The number of methoxy groups -OCH3 is 1. The highest BCUT2D eigenvalue weighted by Gasteiger charge is 2.09. The predicted octanol–water partition coefficient (Wildman–Crippen LogP) is 2.50. The largest absolute Gasteiger partial charge is 0.372 e. The summed E-state index contributed by atoms with van der Waals surface area (Å²) in [4.78, 5) is 11.3. The molecule has 90 valence electrons. The Bertz CT molecular complexity index is 160. The van der Waals surface area contributed by atoms with Crippen molar-refractivity contribution in [1.82, 2.24) is 5.32 Å². The van der Waals surface area contributed by atoms with Gasteiger partial charge in [0.2, 0.25) is 5.91 Å². The van der Waals surface area contributed by atoms with Crippen LogP contribution in [-0.4, -0.2) is 25.7 Å². The number of unbranched alkanes of at least 4 members (excludes halogenated alkanes) is 5. The van der Waals surface area contributed by atoms with E-state index in [9.17, 15) is 4.79 Å². The average molecular weight is 215 g/mol. The second kappa shape index (κ2) is 9.97. The van der Waals surface area contributed by atoms with E-state index < -0.39 is 0 Å². The molecule has 1 amide bonds. The van der Waals surface area contributed by atoms with Gasteiger partial charge < -0.3 is 10.1 Å². The zero-order valence-electron chi connectivity index (χ0n) is 10.3. The molecule has 0 spiro atoms. The second-order valence-electron chi connectivity index (χ2n) is 3.94. The van der Waals surface area contributed by atoms with Crippen LogP contribution >= 0.6 is 0 Å². The van der Waals surface area contributed by atoms with Crippen molar-refractivity contribution in [1.29, 1.82) is 0 Å². The number of amides is 1. The highest BCUT2D eigenvalue weighted by Crippen LogP contribution is 2.04. The Morgan fingerprint density at radius 2 is 1.80 bits per heavy atom. The van der Waals surface area contributed by atoms with Gasteiger partial charge in [0.15, 0.2) is 0 Å². The summed E-state index contributed by atoms with van der Waals surface area (Å²) in [5, 5.41) is 2.86. The smallest absolute Gasteiger partial charge is 0.248 e. The lowest BCUT2D eigenvalue weighted by Gasteiger charge is -2.09. The van der Waals surface area contributed by atoms with Crippen LogP contribution in [0.4, 0.5) is 0 Å². The summed E-state index contributed by atoms with van der Waals surface area (Å²) in [6, 6.07) is 0. The van der Waals surface area contributed by atoms with Crippen LogP contribution in [0, 0.1) is 0 Å². The third kappa shape index (κ3) is 8.43. The quantitative estimate of drug-likeness (QED) is 0.600. The molecule has 0 saturated carbocycles. The summed E-state index contributed by atoms with van der Waals surface area (Å²) < 4.78 is 4.91. The summed E-state index contributed by atoms with van der Waals surface area (Å²) in [6.07, 6.45) is 7.16. The fourth-order valence-electron chi connectivity index (χ4n) is 1.37. The van der Waals surface area contributed by atoms with E-state index in [4.69, 9.17) is 4.74 Å². The molecule has 3 nitrogen and oxygen atoms in total. The number of nitrogens with one attached hydrogen (secondary N) is 1. The lowest BCUT2D eigenvalue weighted by atomic mass is 10.1. The van der Waals surface area contributed by atoms with E-state index in [2.05, 4.69) is 12.2 Å². The van der Waals surface area contributed by atoms with Gasteiger partial charge in [-0.25, -0.2) is 0 Å². The van der Waals surface area contributed by atoms with E-state index in [0.29, 0.717) is 0 Å². The predicted molar refractivity (Wildman–Crippen MR) is 62.9 cm³/mol. The van der Waals surface area contributed by atoms with E-state index in [1.807, 2.05) is 0 Å². The molecule has 0 bridgehead atoms. The molecular weight excluding hydrogens is 190 g/mol. The van der Waals surface area contributed by atoms with Gasteiger partial charge in [-0.3, -0.25) is 4.79 Å². The Hall–Kier alpha value is -0.570. The standard InChI is InChI=1S/C12H25NO2/c1-4-5-6-7-8-9-10-13-12(14)11(2)15-3/h11H,4-10H2,1-3H3,(H,13,14). The molecule has 1 N–H and O–H groups in total. The summed E-state index contributed by atoms with van der Waals surface area (Å²) in [7, 11) is 1.55. The van der Waals surface area contributed by atoms with Gasteiger partial charge in [0.25, 0.3) is 0 Å². The highest BCUT2D eigenvalue weighted by molar-refractivity contribution is 5.80. The third-order valence-electron chi connectivity index (χ3n) is 2.55. The molecule has 0 radical (unpaired) electrons. The molecule has 0 aromatic heterocycles. The van der Waals surface area contributed by atoms with Gasteiger partial charge in [0, 0.05) is 13.7 Å². The Morgan fingerprint density at radius 1 is 1.20 bits per heavy atom. The monoisotopic (exact) mass is 215 g/mol. The van der Waals surface area contributed by atoms with Crippen molar-refractivity contribution in [3.63, 3.8) is 0 Å². The molecule has 0 fully saturated rings. The minimum Gasteiger partial charge on any atom is -0.372 e. The minimum atomic E-state index is -0.329. The van der Waals surface area contributed by atoms with Crippen molar-refractivity contribution >= 4 is 5.91 Å². The van der Waals surface area contributed by atoms with Crippen LogP contribution in [0.15, 0.2) is 0 Å². The van der Waals surface area contributed by atoms with E-state index in [-0.39, 0.29) is 12.0 Å². The fraction of sp³-hybridized carbons (Fsp3) is 0.917. The van der Waals surface area contributed by atoms with E-state index in [1.54, 1.807) is 14.0 Å². The lowest BCUT2D eigenvalue weighted by Crippen LogP contribution is -2.34. The van der Waals surface area contributed by atoms with Crippen molar-refractivity contribution in [3.8, 4) is 0 Å². The van der Waals surface area contributed by atoms with Crippen LogP contribution in [0.25, 0.3) is 0 Å². The lowest BCUT2D eigenvalue weighted by molar-refractivity contribution is -0.130. The molecule has 0 aromatic rings. The van der Waals surface area contributed by atoms with Crippen LogP contribution in [-0.2, 0) is 9.53 Å². The highest BCUT2D eigenvalue weighted by atomic mass is 16.5. The van der Waals surface area contributed by atoms with Gasteiger partial charge in [-0.05, 0) is 13.3 Å². The zero-order valence-corrected chi connectivity index (χ0v) is 10.3. The number of ether oxygens (including phenoxy) is 1. The number of carbonyl (C=O) groups is 1. The maximum Gasteiger partial charge on any atom is 0.248 e. The van der Waals surface area contributed by atoms with Crippen LogP contribution in [0.3, 0.4) is 0 Å². The second-order valence-corrected chi connectivity index (χ2v) is 3.94. The van der Waals surface area contributed by atoms with Crippen molar-refractivity contribution in [3.05, 3.63) is 0 Å². The Labute approximate surface area is 93.6 Å². The summed E-state index contributed by atoms with van der Waals surface area (Å²) in [5.74, 6) is -0.00828. The van der Waals surface area contributed by atoms with E-state index in [1.165, 1.54) is 32.1 Å². The number of carbonyl (C=O) groups excluding carboxylic acids is 1. The fourth-order valence-corrected chi connectivity index (χ4v) is 1.37. The molecular formula is C12H25NO2. The molecule has 0 aliphatic rings.